The van der Waals surface area contributed by atoms with Gasteiger partial charge in [0.2, 0.25) is 0 Å². The van der Waals surface area contributed by atoms with Crippen LogP contribution in [-0.4, -0.2) is 33.0 Å². The Hall–Kier alpha value is -1.72. The quantitative estimate of drug-likeness (QED) is 0.907. The van der Waals surface area contributed by atoms with Crippen molar-refractivity contribution in [2.75, 3.05) is 13.1 Å². The van der Waals surface area contributed by atoms with Crippen molar-refractivity contribution in [1.82, 2.24) is 19.9 Å². The van der Waals surface area contributed by atoms with Gasteiger partial charge < -0.3 is 5.73 Å². The van der Waals surface area contributed by atoms with Gasteiger partial charge in [-0.05, 0) is 30.5 Å². The highest BCUT2D eigenvalue weighted by atomic mass is 15.4. The molecule has 1 aliphatic heterocycles. The second kappa shape index (κ2) is 6.15. The van der Waals surface area contributed by atoms with Crippen LogP contribution in [0.15, 0.2) is 30.5 Å². The Morgan fingerprint density at radius 2 is 2.05 bits per heavy atom. The van der Waals surface area contributed by atoms with Crippen molar-refractivity contribution in [2.45, 2.75) is 32.5 Å². The molecule has 0 unspecified atom stereocenters. The van der Waals surface area contributed by atoms with Crippen LogP contribution in [0.1, 0.15) is 23.2 Å². The van der Waals surface area contributed by atoms with Gasteiger partial charge in [-0.1, -0.05) is 29.5 Å². The molecule has 0 atom stereocenters. The maximum Gasteiger partial charge on any atom is 0.0967 e. The lowest BCUT2D eigenvalue weighted by molar-refractivity contribution is 0.258. The molecule has 2 N–H and O–H groups in total. The van der Waals surface area contributed by atoms with Gasteiger partial charge in [0.25, 0.3) is 0 Å². The number of benzene rings is 1. The van der Waals surface area contributed by atoms with Gasteiger partial charge in [-0.25, -0.2) is 0 Å². The predicted octanol–water partition coefficient (Wildman–Crippen LogP) is 1.19. The highest BCUT2D eigenvalue weighted by Gasteiger charge is 2.15. The third kappa shape index (κ3) is 3.05. The Bertz CT molecular complexity index is 563. The lowest BCUT2D eigenvalue weighted by Gasteiger charge is -2.18. The van der Waals surface area contributed by atoms with Gasteiger partial charge in [0.05, 0.1) is 12.2 Å². The minimum atomic E-state index is 0.597. The van der Waals surface area contributed by atoms with E-state index in [9.17, 15) is 0 Å². The molecular formula is C15H21N5. The van der Waals surface area contributed by atoms with Crippen molar-refractivity contribution >= 4 is 0 Å². The fourth-order valence-electron chi connectivity index (χ4n) is 2.79. The van der Waals surface area contributed by atoms with E-state index in [0.717, 1.165) is 31.9 Å². The minimum Gasteiger partial charge on any atom is -0.329 e. The van der Waals surface area contributed by atoms with Crippen LogP contribution in [-0.2, 0) is 26.1 Å². The average molecular weight is 271 g/mol. The molecule has 0 aliphatic carbocycles. The van der Waals surface area contributed by atoms with Crippen LogP contribution in [0.5, 0.6) is 0 Å². The predicted molar refractivity (Wildman–Crippen MR) is 78.0 cm³/mol. The van der Waals surface area contributed by atoms with E-state index in [1.807, 2.05) is 10.9 Å². The van der Waals surface area contributed by atoms with E-state index < -0.39 is 0 Å². The van der Waals surface area contributed by atoms with Crippen LogP contribution < -0.4 is 5.73 Å². The number of aryl methyl sites for hydroxylation is 1. The number of hydrogen-bond donors (Lipinski definition) is 1. The van der Waals surface area contributed by atoms with Gasteiger partial charge in [-0.2, -0.15) is 0 Å². The summed E-state index contributed by atoms with van der Waals surface area (Å²) in [6, 6.07) is 8.74. The van der Waals surface area contributed by atoms with E-state index in [-0.39, 0.29) is 0 Å². The summed E-state index contributed by atoms with van der Waals surface area (Å²) in [6.45, 7) is 4.30. The molecule has 1 aromatic carbocycles. The van der Waals surface area contributed by atoms with Crippen LogP contribution in [0.2, 0.25) is 0 Å². The van der Waals surface area contributed by atoms with Crippen LogP contribution in [0, 0.1) is 0 Å². The molecule has 0 radical (unpaired) electrons. The van der Waals surface area contributed by atoms with Crippen LogP contribution in [0.4, 0.5) is 0 Å². The van der Waals surface area contributed by atoms with Crippen LogP contribution in [0.25, 0.3) is 0 Å². The summed E-state index contributed by atoms with van der Waals surface area (Å²) in [5.41, 5.74) is 9.49. The smallest absolute Gasteiger partial charge is 0.0967 e. The molecule has 106 valence electrons. The molecule has 5 heteroatoms. The summed E-state index contributed by atoms with van der Waals surface area (Å²) in [4.78, 5) is 2.45. The van der Waals surface area contributed by atoms with Gasteiger partial charge in [0, 0.05) is 25.8 Å². The third-order valence-corrected chi connectivity index (χ3v) is 3.76. The highest BCUT2D eigenvalue weighted by molar-refractivity contribution is 5.28. The number of nitrogens with zero attached hydrogens (tertiary/aromatic N) is 4. The van der Waals surface area contributed by atoms with E-state index >= 15 is 0 Å². The first kappa shape index (κ1) is 13.3. The summed E-state index contributed by atoms with van der Waals surface area (Å²) < 4.78 is 1.82. The molecule has 0 saturated carbocycles. The zero-order chi connectivity index (χ0) is 13.8. The molecule has 20 heavy (non-hydrogen) atoms. The van der Waals surface area contributed by atoms with Crippen molar-refractivity contribution < 1.29 is 0 Å². The van der Waals surface area contributed by atoms with E-state index in [4.69, 9.17) is 5.73 Å². The van der Waals surface area contributed by atoms with Crippen molar-refractivity contribution in [3.8, 4) is 0 Å². The molecule has 0 spiro atoms. The lowest BCUT2D eigenvalue weighted by Crippen LogP contribution is -2.23. The summed E-state index contributed by atoms with van der Waals surface area (Å²) in [5.74, 6) is 0. The molecule has 2 aromatic rings. The number of nitrogens with two attached hydrogens (primary N) is 1. The molecule has 3 rings (SSSR count). The molecule has 2 heterocycles. The average Bonchev–Trinajstić information content (AvgIpc) is 2.78. The van der Waals surface area contributed by atoms with Crippen molar-refractivity contribution in [3.05, 3.63) is 47.3 Å². The fourth-order valence-corrected chi connectivity index (χ4v) is 2.79. The maximum absolute atomic E-state index is 5.53. The second-order valence-corrected chi connectivity index (χ2v) is 5.34. The zero-order valence-electron chi connectivity index (χ0n) is 11.7. The number of aromatic nitrogens is 3. The molecule has 0 saturated heterocycles. The van der Waals surface area contributed by atoms with Crippen LogP contribution in [0.3, 0.4) is 0 Å². The summed E-state index contributed by atoms with van der Waals surface area (Å²) >= 11 is 0. The summed E-state index contributed by atoms with van der Waals surface area (Å²) in [5, 5.41) is 8.33. The minimum absolute atomic E-state index is 0.597. The Kier molecular flexibility index (Phi) is 4.08. The van der Waals surface area contributed by atoms with Gasteiger partial charge >= 0.3 is 0 Å². The van der Waals surface area contributed by atoms with E-state index in [0.29, 0.717) is 6.54 Å². The van der Waals surface area contributed by atoms with Gasteiger partial charge in [0.15, 0.2) is 0 Å². The first-order valence-electron chi connectivity index (χ1n) is 7.23. The number of fused-ring (bicyclic) bond motifs is 1. The molecule has 0 amide bonds. The third-order valence-electron chi connectivity index (χ3n) is 3.76. The molecule has 0 bridgehead atoms. The SMILES string of the molecule is NCCn1cc(CN2CCCc3ccccc3C2)nn1. The fraction of sp³-hybridized carbons (Fsp3) is 0.467. The monoisotopic (exact) mass is 271 g/mol. The first-order valence-corrected chi connectivity index (χ1v) is 7.23. The molecule has 0 fully saturated rings. The standard InChI is InChI=1S/C15H21N5/c16-7-9-20-12-15(17-18-20)11-19-8-3-6-13-4-1-2-5-14(13)10-19/h1-2,4-5,12H,3,6-11,16H2. The van der Waals surface area contributed by atoms with Gasteiger partial charge in [-0.3, -0.25) is 9.58 Å². The Balaban J connectivity index is 1.68. The van der Waals surface area contributed by atoms with Crippen molar-refractivity contribution in [2.24, 2.45) is 5.73 Å². The van der Waals surface area contributed by atoms with E-state index in [2.05, 4.69) is 39.5 Å². The summed E-state index contributed by atoms with van der Waals surface area (Å²) in [6.07, 6.45) is 4.38. The maximum atomic E-state index is 5.53. The molecule has 5 nitrogen and oxygen atoms in total. The summed E-state index contributed by atoms with van der Waals surface area (Å²) in [7, 11) is 0. The number of rotatable bonds is 4. The highest BCUT2D eigenvalue weighted by Crippen LogP contribution is 2.19. The normalized spacial score (nSPS) is 15.8. The van der Waals surface area contributed by atoms with Crippen molar-refractivity contribution in [1.29, 1.82) is 0 Å². The molecular weight excluding hydrogens is 250 g/mol. The van der Waals surface area contributed by atoms with Gasteiger partial charge in [-0.15, -0.1) is 5.10 Å². The number of hydrogen-bond acceptors (Lipinski definition) is 4. The largest absolute Gasteiger partial charge is 0.329 e. The zero-order valence-corrected chi connectivity index (χ0v) is 11.7. The topological polar surface area (TPSA) is 60.0 Å². The Labute approximate surface area is 119 Å². The van der Waals surface area contributed by atoms with Crippen LogP contribution >= 0.6 is 0 Å². The van der Waals surface area contributed by atoms with E-state index in [1.54, 1.807) is 0 Å². The van der Waals surface area contributed by atoms with Gasteiger partial charge in [0.1, 0.15) is 0 Å². The Morgan fingerprint density at radius 1 is 1.20 bits per heavy atom. The van der Waals surface area contributed by atoms with Crippen molar-refractivity contribution in [3.63, 3.8) is 0 Å². The first-order chi connectivity index (χ1) is 9.85. The Morgan fingerprint density at radius 3 is 2.90 bits per heavy atom. The lowest BCUT2D eigenvalue weighted by atomic mass is 10.0. The molecule has 1 aromatic heterocycles. The second-order valence-electron chi connectivity index (χ2n) is 5.34. The van der Waals surface area contributed by atoms with E-state index in [1.165, 1.54) is 24.0 Å². The molecule has 1 aliphatic rings.